The van der Waals surface area contributed by atoms with Crippen molar-refractivity contribution in [1.29, 1.82) is 0 Å². The Hall–Kier alpha value is -1.05. The smallest absolute Gasteiger partial charge is 0.191 e. The van der Waals surface area contributed by atoms with Crippen LogP contribution in [-0.2, 0) is 0 Å². The molecule has 1 rings (SSSR count). The third kappa shape index (κ3) is 8.08. The molecule has 0 spiro atoms. The number of benzene rings is 1. The third-order valence-electron chi connectivity index (χ3n) is 2.77. The molecule has 0 aliphatic carbocycles. The Morgan fingerprint density at radius 2 is 2.05 bits per heavy atom. The molecule has 0 aliphatic heterocycles. The first-order chi connectivity index (χ1) is 9.67. The molecule has 0 aliphatic rings. The van der Waals surface area contributed by atoms with E-state index in [2.05, 4.69) is 22.5 Å². The third-order valence-corrected chi connectivity index (χ3v) is 2.77. The normalized spacial score (nSPS) is 12.3. The van der Waals surface area contributed by atoms with Crippen LogP contribution in [0.15, 0.2) is 29.3 Å². The fraction of sp³-hybridized carbons (Fsp3) is 0.533. The Kier molecular flexibility index (Phi) is 11.0. The Morgan fingerprint density at radius 3 is 2.67 bits per heavy atom. The average Bonchev–Trinajstić information content (AvgIpc) is 2.45. The molecule has 0 heterocycles. The second-order valence-electron chi connectivity index (χ2n) is 4.59. The maximum absolute atomic E-state index is 13.4. The van der Waals surface area contributed by atoms with Crippen molar-refractivity contribution in [3.63, 3.8) is 0 Å². The van der Waals surface area contributed by atoms with E-state index < -0.39 is 0 Å². The summed E-state index contributed by atoms with van der Waals surface area (Å²) in [4.78, 5) is 4.12. The van der Waals surface area contributed by atoms with E-state index in [4.69, 9.17) is 4.74 Å². The summed E-state index contributed by atoms with van der Waals surface area (Å²) in [6.07, 6.45) is 2.08. The van der Waals surface area contributed by atoms with Crippen LogP contribution < -0.4 is 15.4 Å². The van der Waals surface area contributed by atoms with E-state index in [-0.39, 0.29) is 41.6 Å². The number of ether oxygens (including phenoxy) is 1. The lowest BCUT2D eigenvalue weighted by Crippen LogP contribution is -2.42. The van der Waals surface area contributed by atoms with Crippen LogP contribution in [0, 0.1) is 5.82 Å². The number of rotatable bonds is 7. The molecule has 0 radical (unpaired) electrons. The van der Waals surface area contributed by atoms with Crippen molar-refractivity contribution in [2.75, 3.05) is 20.1 Å². The predicted octanol–water partition coefficient (Wildman–Crippen LogP) is 3.18. The molecule has 4 nitrogen and oxygen atoms in total. The first-order valence-electron chi connectivity index (χ1n) is 7.03. The number of guanidine groups is 1. The van der Waals surface area contributed by atoms with Gasteiger partial charge in [-0.15, -0.1) is 24.0 Å². The zero-order valence-electron chi connectivity index (χ0n) is 12.9. The number of nitrogens with one attached hydrogen (secondary N) is 2. The molecule has 1 atom stereocenters. The summed E-state index contributed by atoms with van der Waals surface area (Å²) in [7, 11) is 1.73. The second kappa shape index (κ2) is 11.6. The number of aliphatic imine (C=N–C) groups is 1. The van der Waals surface area contributed by atoms with Gasteiger partial charge in [-0.05, 0) is 25.5 Å². The van der Waals surface area contributed by atoms with Crippen molar-refractivity contribution in [2.24, 2.45) is 4.99 Å². The number of para-hydroxylation sites is 1. The summed E-state index contributed by atoms with van der Waals surface area (Å²) < 4.78 is 19.0. The molecule has 6 heteroatoms. The SMILES string of the molecule is CCCCNC(=NC)NCC(C)Oc1ccccc1F.I. The molecule has 2 N–H and O–H groups in total. The highest BCUT2D eigenvalue weighted by Crippen LogP contribution is 2.16. The van der Waals surface area contributed by atoms with Crippen LogP contribution in [0.2, 0.25) is 0 Å². The van der Waals surface area contributed by atoms with Gasteiger partial charge in [-0.25, -0.2) is 4.39 Å². The van der Waals surface area contributed by atoms with Crippen LogP contribution >= 0.6 is 24.0 Å². The maximum Gasteiger partial charge on any atom is 0.191 e. The molecule has 0 saturated heterocycles. The fourth-order valence-corrected chi connectivity index (χ4v) is 1.64. The summed E-state index contributed by atoms with van der Waals surface area (Å²) in [5.74, 6) is 0.669. The molecular weight excluding hydrogens is 384 g/mol. The molecule has 0 bridgehead atoms. The van der Waals surface area contributed by atoms with Gasteiger partial charge in [0.1, 0.15) is 6.10 Å². The molecule has 0 saturated carbocycles. The highest BCUT2D eigenvalue weighted by Gasteiger charge is 2.08. The predicted molar refractivity (Wildman–Crippen MR) is 96.2 cm³/mol. The summed E-state index contributed by atoms with van der Waals surface area (Å²) >= 11 is 0. The van der Waals surface area contributed by atoms with Crippen molar-refractivity contribution in [2.45, 2.75) is 32.8 Å². The van der Waals surface area contributed by atoms with Gasteiger partial charge in [0.15, 0.2) is 17.5 Å². The summed E-state index contributed by atoms with van der Waals surface area (Å²) in [5.41, 5.74) is 0. The molecule has 1 aromatic rings. The maximum atomic E-state index is 13.4. The lowest BCUT2D eigenvalue weighted by atomic mass is 10.3. The average molecular weight is 409 g/mol. The van der Waals surface area contributed by atoms with Crippen molar-refractivity contribution in [3.05, 3.63) is 30.1 Å². The Labute approximate surface area is 143 Å². The fourth-order valence-electron chi connectivity index (χ4n) is 1.64. The lowest BCUT2D eigenvalue weighted by molar-refractivity contribution is 0.214. The Morgan fingerprint density at radius 1 is 1.33 bits per heavy atom. The summed E-state index contributed by atoms with van der Waals surface area (Å²) in [5, 5.41) is 6.37. The van der Waals surface area contributed by atoms with Crippen molar-refractivity contribution in [1.82, 2.24) is 10.6 Å². The van der Waals surface area contributed by atoms with Gasteiger partial charge in [-0.3, -0.25) is 4.99 Å². The Bertz CT molecular complexity index is 429. The number of hydrogen-bond acceptors (Lipinski definition) is 2. The quantitative estimate of drug-likeness (QED) is 0.315. The van der Waals surface area contributed by atoms with Crippen LogP contribution in [0.5, 0.6) is 5.75 Å². The second-order valence-corrected chi connectivity index (χ2v) is 4.59. The van der Waals surface area contributed by atoms with Gasteiger partial charge in [0.05, 0.1) is 6.54 Å². The van der Waals surface area contributed by atoms with Crippen LogP contribution in [0.3, 0.4) is 0 Å². The monoisotopic (exact) mass is 409 g/mol. The summed E-state index contributed by atoms with van der Waals surface area (Å²) in [6.45, 7) is 5.47. The van der Waals surface area contributed by atoms with E-state index in [0.29, 0.717) is 6.54 Å². The molecule has 21 heavy (non-hydrogen) atoms. The molecule has 120 valence electrons. The van der Waals surface area contributed by atoms with Gasteiger partial charge in [0, 0.05) is 13.6 Å². The van der Waals surface area contributed by atoms with E-state index in [0.717, 1.165) is 25.3 Å². The first-order valence-corrected chi connectivity index (χ1v) is 7.03. The van der Waals surface area contributed by atoms with Crippen LogP contribution in [0.4, 0.5) is 4.39 Å². The highest BCUT2D eigenvalue weighted by atomic mass is 127. The van der Waals surface area contributed by atoms with Gasteiger partial charge in [-0.2, -0.15) is 0 Å². The lowest BCUT2D eigenvalue weighted by Gasteiger charge is -2.18. The minimum atomic E-state index is -0.343. The zero-order chi connectivity index (χ0) is 14.8. The van der Waals surface area contributed by atoms with E-state index in [1.54, 1.807) is 25.2 Å². The van der Waals surface area contributed by atoms with Crippen molar-refractivity contribution >= 4 is 29.9 Å². The molecule has 0 amide bonds. The van der Waals surface area contributed by atoms with Gasteiger partial charge < -0.3 is 15.4 Å². The molecule has 1 unspecified atom stereocenters. The van der Waals surface area contributed by atoms with Crippen molar-refractivity contribution < 1.29 is 9.13 Å². The number of unbranched alkanes of at least 4 members (excludes halogenated alkanes) is 1. The van der Waals surface area contributed by atoms with E-state index in [1.807, 2.05) is 6.92 Å². The van der Waals surface area contributed by atoms with E-state index in [9.17, 15) is 4.39 Å². The number of halogens is 2. The van der Waals surface area contributed by atoms with Crippen molar-refractivity contribution in [3.8, 4) is 5.75 Å². The topological polar surface area (TPSA) is 45.7 Å². The molecule has 0 fully saturated rings. The number of hydrogen-bond donors (Lipinski definition) is 2. The highest BCUT2D eigenvalue weighted by molar-refractivity contribution is 14.0. The molecule has 0 aromatic heterocycles. The van der Waals surface area contributed by atoms with Crippen LogP contribution in [-0.4, -0.2) is 32.2 Å². The van der Waals surface area contributed by atoms with Crippen LogP contribution in [0.1, 0.15) is 26.7 Å². The number of nitrogens with zero attached hydrogens (tertiary/aromatic N) is 1. The summed E-state index contributed by atoms with van der Waals surface area (Å²) in [6, 6.07) is 6.41. The minimum absolute atomic E-state index is 0. The standard InChI is InChI=1S/C15H24FN3O.HI/c1-4-5-10-18-15(17-3)19-11-12(2)20-14-9-7-6-8-13(14)16;/h6-9,12H,4-5,10-11H2,1-3H3,(H2,17,18,19);1H. The Balaban J connectivity index is 0.00000400. The largest absolute Gasteiger partial charge is 0.486 e. The van der Waals surface area contributed by atoms with Gasteiger partial charge in [0.2, 0.25) is 0 Å². The van der Waals surface area contributed by atoms with E-state index >= 15 is 0 Å². The van der Waals surface area contributed by atoms with Gasteiger partial charge in [0.25, 0.3) is 0 Å². The van der Waals surface area contributed by atoms with Gasteiger partial charge in [-0.1, -0.05) is 25.5 Å². The molecule has 1 aromatic carbocycles. The van der Waals surface area contributed by atoms with Crippen LogP contribution in [0.25, 0.3) is 0 Å². The zero-order valence-corrected chi connectivity index (χ0v) is 15.2. The van der Waals surface area contributed by atoms with E-state index in [1.165, 1.54) is 6.07 Å². The molecular formula is C15H25FIN3O. The van der Waals surface area contributed by atoms with Gasteiger partial charge >= 0.3 is 0 Å². The first kappa shape index (κ1) is 19.9. The minimum Gasteiger partial charge on any atom is -0.486 e.